The Hall–Kier alpha value is -1.27. The zero-order chi connectivity index (χ0) is 14.6. The SMILES string of the molecule is CC/C=C(C)/N=C(/C=C(\C)C(F)(F)F)C(F)(F)F. The van der Waals surface area contributed by atoms with Crippen LogP contribution >= 0.6 is 0 Å². The summed E-state index contributed by atoms with van der Waals surface area (Å²) in [4.78, 5) is 3.17. The van der Waals surface area contributed by atoms with Crippen molar-refractivity contribution in [3.8, 4) is 0 Å². The van der Waals surface area contributed by atoms with Gasteiger partial charge >= 0.3 is 12.4 Å². The number of hydrogen-bond acceptors (Lipinski definition) is 1. The number of hydrogen-bond donors (Lipinski definition) is 0. The first kappa shape index (κ1) is 16.7. The van der Waals surface area contributed by atoms with Gasteiger partial charge in [0.25, 0.3) is 0 Å². The lowest BCUT2D eigenvalue weighted by Crippen LogP contribution is -2.23. The maximum absolute atomic E-state index is 12.5. The quantitative estimate of drug-likeness (QED) is 0.516. The predicted molar refractivity (Wildman–Crippen MR) is 57.4 cm³/mol. The lowest BCUT2D eigenvalue weighted by atomic mass is 10.2. The van der Waals surface area contributed by atoms with Crippen LogP contribution in [-0.4, -0.2) is 18.1 Å². The molecule has 1 nitrogen and oxygen atoms in total. The van der Waals surface area contributed by atoms with Gasteiger partial charge in [0.2, 0.25) is 0 Å². The van der Waals surface area contributed by atoms with E-state index >= 15 is 0 Å². The van der Waals surface area contributed by atoms with E-state index in [1.807, 2.05) is 0 Å². The fourth-order valence-electron chi connectivity index (χ4n) is 0.995. The van der Waals surface area contributed by atoms with Crippen molar-refractivity contribution in [1.29, 1.82) is 0 Å². The molecule has 0 saturated carbocycles. The van der Waals surface area contributed by atoms with Gasteiger partial charge < -0.3 is 0 Å². The van der Waals surface area contributed by atoms with Gasteiger partial charge in [0.05, 0.1) is 0 Å². The number of aliphatic imine (C=N–C) groups is 1. The first-order valence-electron chi connectivity index (χ1n) is 5.06. The molecule has 0 bridgehead atoms. The molecule has 7 heteroatoms. The number of rotatable bonds is 3. The standard InChI is InChI=1S/C11H13F6N/c1-4-5-8(3)18-9(11(15,16)17)6-7(2)10(12,13)14/h5-6H,4H2,1-3H3/b7-6+,8-5+,18-9-. The van der Waals surface area contributed by atoms with Crippen LogP contribution in [0.3, 0.4) is 0 Å². The van der Waals surface area contributed by atoms with Crippen LogP contribution in [0.4, 0.5) is 26.3 Å². The Balaban J connectivity index is 5.50. The maximum Gasteiger partial charge on any atom is 0.433 e. The van der Waals surface area contributed by atoms with E-state index in [9.17, 15) is 26.3 Å². The highest BCUT2D eigenvalue weighted by Gasteiger charge is 2.37. The molecule has 0 rings (SSSR count). The third-order valence-corrected chi connectivity index (χ3v) is 1.89. The Bertz CT molecular complexity index is 370. The van der Waals surface area contributed by atoms with Gasteiger partial charge in [-0.25, -0.2) is 4.99 Å². The van der Waals surface area contributed by atoms with Crippen molar-refractivity contribution in [2.75, 3.05) is 0 Å². The topological polar surface area (TPSA) is 12.4 Å². The fraction of sp³-hybridized carbons (Fsp3) is 0.545. The Morgan fingerprint density at radius 3 is 1.83 bits per heavy atom. The van der Waals surface area contributed by atoms with Crippen LogP contribution in [0.2, 0.25) is 0 Å². The molecular weight excluding hydrogens is 260 g/mol. The molecule has 0 unspecified atom stereocenters. The van der Waals surface area contributed by atoms with Crippen molar-refractivity contribution >= 4 is 5.71 Å². The van der Waals surface area contributed by atoms with E-state index < -0.39 is 23.6 Å². The van der Waals surface area contributed by atoms with Crippen molar-refractivity contribution in [2.24, 2.45) is 4.99 Å². The molecule has 0 aromatic rings. The van der Waals surface area contributed by atoms with E-state index in [0.29, 0.717) is 13.3 Å². The number of allylic oxidation sites excluding steroid dienone is 4. The monoisotopic (exact) mass is 273 g/mol. The van der Waals surface area contributed by atoms with Crippen molar-refractivity contribution < 1.29 is 26.3 Å². The van der Waals surface area contributed by atoms with Crippen LogP contribution in [0.1, 0.15) is 27.2 Å². The van der Waals surface area contributed by atoms with Gasteiger partial charge in [-0.15, -0.1) is 0 Å². The molecule has 0 aromatic carbocycles. The highest BCUT2D eigenvalue weighted by molar-refractivity contribution is 6.00. The van der Waals surface area contributed by atoms with Crippen LogP contribution in [0.25, 0.3) is 0 Å². The summed E-state index contributed by atoms with van der Waals surface area (Å²) in [5.41, 5.74) is -2.88. The molecule has 0 amide bonds. The van der Waals surface area contributed by atoms with Gasteiger partial charge in [0, 0.05) is 11.3 Å². The minimum Gasteiger partial charge on any atom is -0.249 e. The van der Waals surface area contributed by atoms with E-state index in [-0.39, 0.29) is 11.8 Å². The van der Waals surface area contributed by atoms with Crippen LogP contribution in [0.5, 0.6) is 0 Å². The summed E-state index contributed by atoms with van der Waals surface area (Å²) in [5.74, 6) is 0. The molecule has 18 heavy (non-hydrogen) atoms. The highest BCUT2D eigenvalue weighted by Crippen LogP contribution is 2.28. The van der Waals surface area contributed by atoms with Crippen molar-refractivity contribution in [3.05, 3.63) is 23.4 Å². The number of alkyl halides is 6. The minimum atomic E-state index is -4.92. The number of nitrogens with zero attached hydrogens (tertiary/aromatic N) is 1. The smallest absolute Gasteiger partial charge is 0.249 e. The highest BCUT2D eigenvalue weighted by atomic mass is 19.4. The molecule has 0 heterocycles. The molecule has 0 saturated heterocycles. The van der Waals surface area contributed by atoms with Gasteiger partial charge in [-0.2, -0.15) is 26.3 Å². The molecule has 0 spiro atoms. The molecule has 0 aliphatic carbocycles. The summed E-state index contributed by atoms with van der Waals surface area (Å²) in [7, 11) is 0. The van der Waals surface area contributed by atoms with Gasteiger partial charge in [0.15, 0.2) is 0 Å². The largest absolute Gasteiger partial charge is 0.433 e. The van der Waals surface area contributed by atoms with E-state index in [2.05, 4.69) is 4.99 Å². The molecule has 0 aliphatic rings. The van der Waals surface area contributed by atoms with E-state index in [1.165, 1.54) is 13.0 Å². The average Bonchev–Trinajstić information content (AvgIpc) is 2.13. The molecule has 0 aromatic heterocycles. The van der Waals surface area contributed by atoms with E-state index in [0.717, 1.165) is 0 Å². The minimum absolute atomic E-state index is 0.00694. The van der Waals surface area contributed by atoms with Crippen LogP contribution in [0.15, 0.2) is 28.4 Å². The fourth-order valence-corrected chi connectivity index (χ4v) is 0.995. The second-order valence-corrected chi connectivity index (χ2v) is 3.57. The van der Waals surface area contributed by atoms with Crippen LogP contribution in [-0.2, 0) is 0 Å². The second-order valence-electron chi connectivity index (χ2n) is 3.57. The van der Waals surface area contributed by atoms with Gasteiger partial charge in [0.1, 0.15) is 5.71 Å². The Morgan fingerprint density at radius 1 is 1.00 bits per heavy atom. The summed E-state index contributed by atoms with van der Waals surface area (Å²) in [6, 6.07) is 0. The van der Waals surface area contributed by atoms with Crippen molar-refractivity contribution in [3.63, 3.8) is 0 Å². The van der Waals surface area contributed by atoms with Crippen LogP contribution < -0.4 is 0 Å². The van der Waals surface area contributed by atoms with Crippen molar-refractivity contribution in [2.45, 2.75) is 39.5 Å². The predicted octanol–water partition coefficient (Wildman–Crippen LogP) is 4.81. The molecule has 104 valence electrons. The first-order valence-corrected chi connectivity index (χ1v) is 5.06. The molecule has 0 fully saturated rings. The average molecular weight is 273 g/mol. The third-order valence-electron chi connectivity index (χ3n) is 1.89. The maximum atomic E-state index is 12.5. The zero-order valence-electron chi connectivity index (χ0n) is 10.1. The first-order chi connectivity index (χ1) is 7.98. The van der Waals surface area contributed by atoms with Gasteiger partial charge in [-0.05, 0) is 26.3 Å². The Morgan fingerprint density at radius 2 is 1.50 bits per heavy atom. The lowest BCUT2D eigenvalue weighted by Gasteiger charge is -2.10. The normalized spacial score (nSPS) is 16.2. The summed E-state index contributed by atoms with van der Waals surface area (Å²) in [6.07, 6.45) is -7.87. The Labute approximate surface area is 101 Å². The summed E-state index contributed by atoms with van der Waals surface area (Å²) < 4.78 is 74.0. The second kappa shape index (κ2) is 6.06. The van der Waals surface area contributed by atoms with Crippen molar-refractivity contribution in [1.82, 2.24) is 0 Å². The number of halogens is 6. The van der Waals surface area contributed by atoms with E-state index in [4.69, 9.17) is 0 Å². The van der Waals surface area contributed by atoms with Gasteiger partial charge in [-0.3, -0.25) is 0 Å². The Kier molecular flexibility index (Phi) is 5.63. The third kappa shape index (κ3) is 5.88. The molecule has 0 N–H and O–H groups in total. The van der Waals surface area contributed by atoms with Crippen LogP contribution in [0, 0.1) is 0 Å². The molecular formula is C11H13F6N. The summed E-state index contributed by atoms with van der Waals surface area (Å²) in [5, 5.41) is 0. The summed E-state index contributed by atoms with van der Waals surface area (Å²) in [6.45, 7) is 3.55. The van der Waals surface area contributed by atoms with Gasteiger partial charge in [-0.1, -0.05) is 13.0 Å². The zero-order valence-corrected chi connectivity index (χ0v) is 10.1. The van der Waals surface area contributed by atoms with E-state index in [1.54, 1.807) is 6.92 Å². The lowest BCUT2D eigenvalue weighted by molar-refractivity contribution is -0.0915. The molecule has 0 atom stereocenters. The molecule has 0 radical (unpaired) electrons. The molecule has 0 aliphatic heterocycles. The summed E-state index contributed by atoms with van der Waals surface area (Å²) >= 11 is 0.